The number of benzene rings is 2. The van der Waals surface area contributed by atoms with E-state index in [-0.39, 0.29) is 31.0 Å². The van der Waals surface area contributed by atoms with Crippen LogP contribution in [0.3, 0.4) is 0 Å². The van der Waals surface area contributed by atoms with Gasteiger partial charge in [-0.05, 0) is 35.4 Å². The summed E-state index contributed by atoms with van der Waals surface area (Å²) < 4.78 is 13.8. The number of nitrogens with zero attached hydrogens (tertiary/aromatic N) is 3. The lowest BCUT2D eigenvalue weighted by Crippen LogP contribution is -2.51. The SMILES string of the molecule is C#[N+][C@@H]1C[C@@]2(CN1C(=O)C(Cc1cccc(F)c1)NC(=O)c1ccn[nH]1)C(=O)Nc1ccccc12. The van der Waals surface area contributed by atoms with Crippen LogP contribution in [0.5, 0.6) is 0 Å². The van der Waals surface area contributed by atoms with E-state index in [0.717, 1.165) is 5.56 Å². The third kappa shape index (κ3) is 3.91. The minimum absolute atomic E-state index is 0.0278. The topological polar surface area (TPSA) is 112 Å². The second-order valence-corrected chi connectivity index (χ2v) is 8.71. The molecule has 5 rings (SSSR count). The molecule has 1 unspecified atom stereocenters. The van der Waals surface area contributed by atoms with E-state index < -0.39 is 35.3 Å². The number of hydrogen-bond donors (Lipinski definition) is 3. The van der Waals surface area contributed by atoms with Crippen molar-refractivity contribution >= 4 is 23.4 Å². The molecule has 3 amide bonds. The number of aromatic nitrogens is 2. The predicted molar refractivity (Wildman–Crippen MR) is 125 cm³/mol. The Morgan fingerprint density at radius 3 is 2.83 bits per heavy atom. The summed E-state index contributed by atoms with van der Waals surface area (Å²) >= 11 is 0. The molecule has 3 heterocycles. The Bertz CT molecular complexity index is 1350. The molecule has 3 N–H and O–H groups in total. The summed E-state index contributed by atoms with van der Waals surface area (Å²) in [5, 5.41) is 11.9. The van der Waals surface area contributed by atoms with E-state index in [1.54, 1.807) is 12.1 Å². The average molecular weight is 473 g/mol. The Kier molecular flexibility index (Phi) is 5.53. The van der Waals surface area contributed by atoms with E-state index in [1.807, 2.05) is 18.2 Å². The molecule has 3 aromatic rings. The number of fused-ring (bicyclic) bond motifs is 2. The standard InChI is InChI=1S/C25H21FN6O3/c1-27-21-13-25(17-7-2-3-8-18(17)30-24(25)35)14-32(21)23(34)20(12-15-5-4-6-16(26)11-15)29-22(33)19-9-10-28-31-19/h1-11,20-21H,12-14H2,(H2-,28,29,30,31,33,35)/p+1/t20?,21-,25-/m0/s1. The first-order valence-electron chi connectivity index (χ1n) is 11.1. The second kappa shape index (κ2) is 8.68. The van der Waals surface area contributed by atoms with Gasteiger partial charge in [0.1, 0.15) is 23.0 Å². The van der Waals surface area contributed by atoms with Gasteiger partial charge >= 0.3 is 6.17 Å². The molecule has 3 atom stereocenters. The maximum absolute atomic E-state index is 13.8. The number of H-pyrrole nitrogens is 1. The zero-order valence-corrected chi connectivity index (χ0v) is 18.6. The molecule has 9 nitrogen and oxygen atoms in total. The molecule has 1 aromatic heterocycles. The average Bonchev–Trinajstić information content (AvgIpc) is 3.58. The van der Waals surface area contributed by atoms with Crippen molar-refractivity contribution in [2.45, 2.75) is 30.5 Å². The monoisotopic (exact) mass is 473 g/mol. The van der Waals surface area contributed by atoms with Gasteiger partial charge in [-0.1, -0.05) is 35.2 Å². The Hall–Kier alpha value is -4.52. The highest BCUT2D eigenvalue weighted by molar-refractivity contribution is 6.07. The molecule has 1 fully saturated rings. The molecular weight excluding hydrogens is 451 g/mol. The summed E-state index contributed by atoms with van der Waals surface area (Å²) in [6.07, 6.45) is 0.875. The molecule has 35 heavy (non-hydrogen) atoms. The van der Waals surface area contributed by atoms with Crippen LogP contribution in [0.15, 0.2) is 60.8 Å². The minimum atomic E-state index is -1.06. The van der Waals surface area contributed by atoms with Crippen molar-refractivity contribution in [2.75, 3.05) is 11.9 Å². The molecule has 1 spiro atoms. The van der Waals surface area contributed by atoms with E-state index in [4.69, 9.17) is 6.57 Å². The van der Waals surface area contributed by atoms with Crippen LogP contribution in [0.1, 0.15) is 28.0 Å². The van der Waals surface area contributed by atoms with E-state index in [9.17, 15) is 18.8 Å². The quantitative estimate of drug-likeness (QED) is 0.528. The van der Waals surface area contributed by atoms with Crippen LogP contribution in [-0.2, 0) is 21.4 Å². The number of amides is 3. The molecule has 0 aliphatic carbocycles. The van der Waals surface area contributed by atoms with Crippen molar-refractivity contribution < 1.29 is 18.8 Å². The Morgan fingerprint density at radius 2 is 2.09 bits per heavy atom. The molecule has 2 aliphatic heterocycles. The number of anilines is 1. The smallest absolute Gasteiger partial charge is 0.339 e. The first-order chi connectivity index (χ1) is 16.9. The molecule has 2 aliphatic rings. The van der Waals surface area contributed by atoms with Gasteiger partial charge < -0.3 is 10.6 Å². The lowest BCUT2D eigenvalue weighted by Gasteiger charge is -2.25. The van der Waals surface area contributed by atoms with Crippen LogP contribution >= 0.6 is 0 Å². The number of halogens is 1. The van der Waals surface area contributed by atoms with Crippen molar-refractivity contribution in [1.29, 1.82) is 0 Å². The van der Waals surface area contributed by atoms with Gasteiger partial charge in [0.05, 0.1) is 6.42 Å². The van der Waals surface area contributed by atoms with E-state index in [0.29, 0.717) is 11.3 Å². The molecule has 0 radical (unpaired) electrons. The summed E-state index contributed by atoms with van der Waals surface area (Å²) in [6.45, 7) is 5.72. The fourth-order valence-electron chi connectivity index (χ4n) is 4.89. The molecule has 176 valence electrons. The molecule has 0 saturated carbocycles. The first kappa shape index (κ1) is 22.3. The zero-order valence-electron chi connectivity index (χ0n) is 18.6. The maximum atomic E-state index is 13.8. The van der Waals surface area contributed by atoms with Crippen LogP contribution in [0, 0.1) is 12.4 Å². The fourth-order valence-corrected chi connectivity index (χ4v) is 4.89. The highest BCUT2D eigenvalue weighted by atomic mass is 19.1. The maximum Gasteiger partial charge on any atom is 0.350 e. The van der Waals surface area contributed by atoms with Gasteiger partial charge in [0.25, 0.3) is 18.4 Å². The van der Waals surface area contributed by atoms with Gasteiger partial charge in [-0.2, -0.15) is 5.10 Å². The number of carbonyl (C=O) groups excluding carboxylic acids is 3. The van der Waals surface area contributed by atoms with E-state index in [1.165, 1.54) is 35.4 Å². The van der Waals surface area contributed by atoms with Crippen LogP contribution < -0.4 is 10.6 Å². The Labute approximate surface area is 200 Å². The molecular formula is C25H22FN6O3+. The molecule has 2 aromatic carbocycles. The number of likely N-dealkylation sites (tertiary alicyclic amines) is 1. The lowest BCUT2D eigenvalue weighted by molar-refractivity contribution is -0.133. The van der Waals surface area contributed by atoms with Gasteiger partial charge in [-0.15, -0.1) is 0 Å². The summed E-state index contributed by atoms with van der Waals surface area (Å²) in [4.78, 5) is 44.9. The number of nitrogens with one attached hydrogen (secondary N) is 3. The van der Waals surface area contributed by atoms with Gasteiger partial charge in [-0.25, -0.2) is 4.39 Å². The van der Waals surface area contributed by atoms with Crippen LogP contribution in [0.4, 0.5) is 10.1 Å². The third-order valence-electron chi connectivity index (χ3n) is 6.59. The number of hydrogen-bond acceptors (Lipinski definition) is 4. The van der Waals surface area contributed by atoms with Gasteiger partial charge in [0.15, 0.2) is 0 Å². The predicted octanol–water partition coefficient (Wildman–Crippen LogP) is 2.30. The zero-order chi connectivity index (χ0) is 24.6. The van der Waals surface area contributed by atoms with Crippen LogP contribution in [0.2, 0.25) is 0 Å². The highest BCUT2D eigenvalue weighted by Crippen LogP contribution is 2.46. The number of carbonyl (C=O) groups is 3. The molecule has 0 bridgehead atoms. The van der Waals surface area contributed by atoms with Gasteiger partial charge in [0, 0.05) is 24.8 Å². The summed E-state index contributed by atoms with van der Waals surface area (Å²) in [5.74, 6) is -1.71. The first-order valence-corrected chi connectivity index (χ1v) is 11.1. The fraction of sp³-hybridized carbons (Fsp3) is 0.240. The van der Waals surface area contributed by atoms with E-state index >= 15 is 0 Å². The van der Waals surface area contributed by atoms with Gasteiger partial charge in [-0.3, -0.25) is 24.4 Å². The highest BCUT2D eigenvalue weighted by Gasteiger charge is 2.60. The largest absolute Gasteiger partial charge is 0.350 e. The van der Waals surface area contributed by atoms with Crippen molar-refractivity contribution in [1.82, 2.24) is 20.4 Å². The van der Waals surface area contributed by atoms with Crippen LogP contribution in [-0.4, -0.2) is 51.6 Å². The van der Waals surface area contributed by atoms with Gasteiger partial charge in [0.2, 0.25) is 5.91 Å². The summed E-state index contributed by atoms with van der Waals surface area (Å²) in [5.41, 5.74) is 1.15. The Balaban J connectivity index is 1.46. The third-order valence-corrected chi connectivity index (χ3v) is 6.59. The van der Waals surface area contributed by atoms with E-state index in [2.05, 4.69) is 25.7 Å². The van der Waals surface area contributed by atoms with Crippen molar-refractivity contribution in [3.8, 4) is 6.57 Å². The lowest BCUT2D eigenvalue weighted by atomic mass is 9.80. The van der Waals surface area contributed by atoms with Crippen molar-refractivity contribution in [2.24, 2.45) is 0 Å². The summed E-state index contributed by atoms with van der Waals surface area (Å²) in [6, 6.07) is 13.5. The molecule has 10 heteroatoms. The van der Waals surface area contributed by atoms with Crippen LogP contribution in [0.25, 0.3) is 4.85 Å². The summed E-state index contributed by atoms with van der Waals surface area (Å²) in [7, 11) is 0. The number of para-hydroxylation sites is 1. The number of aromatic amines is 1. The van der Waals surface area contributed by atoms with Crippen molar-refractivity contribution in [3.05, 3.63) is 88.3 Å². The van der Waals surface area contributed by atoms with Crippen molar-refractivity contribution in [3.63, 3.8) is 0 Å². The number of rotatable bonds is 5. The Morgan fingerprint density at radius 1 is 1.26 bits per heavy atom. The normalized spacial score (nSPS) is 21.3. The second-order valence-electron chi connectivity index (χ2n) is 8.71. The minimum Gasteiger partial charge on any atom is -0.339 e. The molecule has 1 saturated heterocycles.